The van der Waals surface area contributed by atoms with Crippen molar-refractivity contribution in [3.63, 3.8) is 0 Å². The maximum absolute atomic E-state index is 5.75. The van der Waals surface area contributed by atoms with Gasteiger partial charge in [-0.3, -0.25) is 0 Å². The lowest BCUT2D eigenvalue weighted by Crippen LogP contribution is -2.32. The molecule has 0 bridgehead atoms. The van der Waals surface area contributed by atoms with Gasteiger partial charge in [-0.2, -0.15) is 0 Å². The van der Waals surface area contributed by atoms with E-state index in [0.29, 0.717) is 19.8 Å². The first-order valence-electron chi connectivity index (χ1n) is 11.0. The van der Waals surface area contributed by atoms with Gasteiger partial charge >= 0.3 is 0 Å². The second kappa shape index (κ2) is 12.6. The first kappa shape index (κ1) is 23.5. The summed E-state index contributed by atoms with van der Waals surface area (Å²) < 4.78 is 17.1. The third-order valence-corrected chi connectivity index (χ3v) is 5.72. The Morgan fingerprint density at radius 3 is 2.84 bits per heavy atom. The molecule has 31 heavy (non-hydrogen) atoms. The van der Waals surface area contributed by atoms with Gasteiger partial charge in [0.2, 0.25) is 0 Å². The molecule has 1 aromatic heterocycles. The summed E-state index contributed by atoms with van der Waals surface area (Å²) in [5.41, 5.74) is 3.85. The maximum atomic E-state index is 5.75. The zero-order chi connectivity index (χ0) is 21.9. The van der Waals surface area contributed by atoms with Gasteiger partial charge in [0.1, 0.15) is 5.75 Å². The number of aryl methyl sites for hydroxylation is 1. The lowest BCUT2D eigenvalue weighted by atomic mass is 10.2. The molecule has 0 aliphatic carbocycles. The van der Waals surface area contributed by atoms with Crippen LogP contribution in [0, 0.1) is 6.92 Å². The van der Waals surface area contributed by atoms with E-state index in [2.05, 4.69) is 15.6 Å². The van der Waals surface area contributed by atoms with Crippen LogP contribution in [0.1, 0.15) is 43.7 Å². The van der Waals surface area contributed by atoms with Crippen LogP contribution in [0.4, 0.5) is 5.69 Å². The van der Waals surface area contributed by atoms with Crippen LogP contribution < -0.4 is 15.4 Å². The predicted molar refractivity (Wildman–Crippen MR) is 126 cm³/mol. The van der Waals surface area contributed by atoms with Crippen LogP contribution in [0.2, 0.25) is 0 Å². The van der Waals surface area contributed by atoms with Crippen LogP contribution in [-0.2, 0) is 16.0 Å². The average molecular weight is 447 g/mol. The summed E-state index contributed by atoms with van der Waals surface area (Å²) in [6.45, 7) is 9.68. The number of ether oxygens (including phenoxy) is 3. The van der Waals surface area contributed by atoms with E-state index in [1.165, 1.54) is 4.88 Å². The number of rotatable bonds is 11. The van der Waals surface area contributed by atoms with Crippen molar-refractivity contribution in [1.82, 2.24) is 10.3 Å². The topological polar surface area (TPSA) is 77.0 Å². The maximum Gasteiger partial charge on any atom is 0.196 e. The molecule has 1 atom stereocenters. The monoisotopic (exact) mass is 446 g/mol. The molecule has 3 rings (SSSR count). The highest BCUT2D eigenvalue weighted by Crippen LogP contribution is 2.17. The molecule has 170 valence electrons. The highest BCUT2D eigenvalue weighted by molar-refractivity contribution is 7.09. The molecular weight excluding hydrogens is 412 g/mol. The average Bonchev–Trinajstić information content (AvgIpc) is 3.41. The smallest absolute Gasteiger partial charge is 0.196 e. The largest absolute Gasteiger partial charge is 0.491 e. The van der Waals surface area contributed by atoms with E-state index < -0.39 is 0 Å². The number of aliphatic imine (C=N–C) groups is 1. The Bertz CT molecular complexity index is 801. The first-order chi connectivity index (χ1) is 15.1. The number of hydrogen-bond donors (Lipinski definition) is 2. The zero-order valence-electron chi connectivity index (χ0n) is 18.7. The Kier molecular flexibility index (Phi) is 9.58. The van der Waals surface area contributed by atoms with Crippen molar-refractivity contribution in [3.05, 3.63) is 40.3 Å². The van der Waals surface area contributed by atoms with Crippen LogP contribution in [-0.4, -0.2) is 49.5 Å². The van der Waals surface area contributed by atoms with Crippen LogP contribution in [0.5, 0.6) is 5.75 Å². The summed E-state index contributed by atoms with van der Waals surface area (Å²) in [5, 5.41) is 6.79. The van der Waals surface area contributed by atoms with Crippen LogP contribution in [0.25, 0.3) is 0 Å². The number of nitrogens with zero attached hydrogens (tertiary/aromatic N) is 2. The highest BCUT2D eigenvalue weighted by Gasteiger charge is 2.15. The number of thiazole rings is 1. The van der Waals surface area contributed by atoms with E-state index in [4.69, 9.17) is 19.2 Å². The molecular formula is C23H34N4O3S. The summed E-state index contributed by atoms with van der Waals surface area (Å²) in [4.78, 5) is 10.2. The highest BCUT2D eigenvalue weighted by atomic mass is 32.1. The molecule has 8 heteroatoms. The third-order valence-electron chi connectivity index (χ3n) is 4.80. The molecule has 1 aromatic carbocycles. The molecule has 1 aliphatic heterocycles. The molecule has 0 saturated carbocycles. The zero-order valence-corrected chi connectivity index (χ0v) is 19.5. The summed E-state index contributed by atoms with van der Waals surface area (Å²) in [5.74, 6) is 1.60. The molecule has 0 radical (unpaired) electrons. The molecule has 1 aliphatic rings. The van der Waals surface area contributed by atoms with Gasteiger partial charge in [-0.25, -0.2) is 9.98 Å². The summed E-state index contributed by atoms with van der Waals surface area (Å²) in [7, 11) is 0. The van der Waals surface area contributed by atoms with Gasteiger partial charge in [-0.1, -0.05) is 0 Å². The number of guanidine groups is 1. The minimum Gasteiger partial charge on any atom is -0.491 e. The van der Waals surface area contributed by atoms with Gasteiger partial charge < -0.3 is 24.8 Å². The number of aromatic nitrogens is 1. The van der Waals surface area contributed by atoms with Crippen molar-refractivity contribution in [2.75, 3.05) is 31.7 Å². The van der Waals surface area contributed by atoms with Crippen LogP contribution in [0.15, 0.2) is 34.8 Å². The van der Waals surface area contributed by atoms with Gasteiger partial charge in [0.05, 0.1) is 36.6 Å². The quantitative estimate of drug-likeness (QED) is 0.303. The van der Waals surface area contributed by atoms with E-state index in [0.717, 1.165) is 55.5 Å². The minimum absolute atomic E-state index is 0.155. The van der Waals surface area contributed by atoms with E-state index in [1.54, 1.807) is 11.3 Å². The van der Waals surface area contributed by atoms with E-state index >= 15 is 0 Å². The second-order valence-corrected chi connectivity index (χ2v) is 8.77. The molecule has 2 heterocycles. The van der Waals surface area contributed by atoms with E-state index in [-0.39, 0.29) is 12.2 Å². The van der Waals surface area contributed by atoms with Crippen LogP contribution in [0.3, 0.4) is 0 Å². The van der Waals surface area contributed by atoms with Crippen molar-refractivity contribution < 1.29 is 14.2 Å². The Labute approximate surface area is 189 Å². The lowest BCUT2D eigenvalue weighted by Gasteiger charge is -2.14. The fourth-order valence-electron chi connectivity index (χ4n) is 3.17. The molecule has 0 amide bonds. The summed E-state index contributed by atoms with van der Waals surface area (Å²) in [6, 6.07) is 7.92. The van der Waals surface area contributed by atoms with Crippen molar-refractivity contribution in [2.45, 2.75) is 58.8 Å². The van der Waals surface area contributed by atoms with Crippen molar-refractivity contribution >= 4 is 23.0 Å². The van der Waals surface area contributed by atoms with Crippen molar-refractivity contribution in [1.29, 1.82) is 0 Å². The summed E-state index contributed by atoms with van der Waals surface area (Å²) in [6.07, 6.45) is 3.58. The van der Waals surface area contributed by atoms with E-state index in [1.807, 2.05) is 50.5 Å². The molecule has 2 aromatic rings. The van der Waals surface area contributed by atoms with Gasteiger partial charge in [0.15, 0.2) is 5.96 Å². The fourth-order valence-corrected chi connectivity index (χ4v) is 3.87. The SMILES string of the molecule is Cc1ncsc1CN=C(NCCCOCC1CCCO1)Nc1ccc(OC(C)C)cc1. The molecule has 7 nitrogen and oxygen atoms in total. The number of benzene rings is 1. The van der Waals surface area contributed by atoms with Crippen molar-refractivity contribution in [2.24, 2.45) is 4.99 Å². The van der Waals surface area contributed by atoms with Gasteiger partial charge in [-0.15, -0.1) is 11.3 Å². The van der Waals surface area contributed by atoms with E-state index in [9.17, 15) is 0 Å². The van der Waals surface area contributed by atoms with Gasteiger partial charge in [-0.05, 0) is 64.3 Å². The molecule has 0 spiro atoms. The first-order valence-corrected chi connectivity index (χ1v) is 11.9. The summed E-state index contributed by atoms with van der Waals surface area (Å²) >= 11 is 1.63. The molecule has 1 unspecified atom stereocenters. The standard InChI is InChI=1S/C23H34N4O3S/c1-17(2)30-20-9-7-19(8-10-20)27-23(25-14-22-18(3)26-16-31-22)24-11-5-12-28-15-21-6-4-13-29-21/h7-10,16-17,21H,4-6,11-15H2,1-3H3,(H2,24,25,27). The van der Waals surface area contributed by atoms with Gasteiger partial charge in [0, 0.05) is 30.3 Å². The Morgan fingerprint density at radius 1 is 1.32 bits per heavy atom. The lowest BCUT2D eigenvalue weighted by molar-refractivity contribution is 0.0168. The Balaban J connectivity index is 1.49. The van der Waals surface area contributed by atoms with Crippen LogP contribution >= 0.6 is 11.3 Å². The number of anilines is 1. The number of nitrogens with one attached hydrogen (secondary N) is 2. The molecule has 1 saturated heterocycles. The second-order valence-electron chi connectivity index (χ2n) is 7.83. The Morgan fingerprint density at radius 2 is 2.16 bits per heavy atom. The predicted octanol–water partition coefficient (Wildman–Crippen LogP) is 4.38. The van der Waals surface area contributed by atoms with Gasteiger partial charge in [0.25, 0.3) is 0 Å². The normalized spacial score (nSPS) is 16.6. The van der Waals surface area contributed by atoms with Crippen molar-refractivity contribution in [3.8, 4) is 5.75 Å². The minimum atomic E-state index is 0.155. The Hall–Kier alpha value is -2.16. The molecule has 1 fully saturated rings. The molecule has 2 N–H and O–H groups in total. The number of hydrogen-bond acceptors (Lipinski definition) is 6. The third kappa shape index (κ3) is 8.47. The fraction of sp³-hybridized carbons (Fsp3) is 0.565.